The summed E-state index contributed by atoms with van der Waals surface area (Å²) in [5, 5.41) is 13.2. The van der Waals surface area contributed by atoms with Gasteiger partial charge < -0.3 is 19.9 Å². The van der Waals surface area contributed by atoms with Crippen LogP contribution in [0.15, 0.2) is 0 Å². The van der Waals surface area contributed by atoms with Gasteiger partial charge in [0.25, 0.3) is 0 Å². The molecule has 4 atom stereocenters. The van der Waals surface area contributed by atoms with E-state index in [1.54, 1.807) is 0 Å². The van der Waals surface area contributed by atoms with Crippen LogP contribution in [0, 0.1) is 0 Å². The maximum absolute atomic E-state index is 9.83. The summed E-state index contributed by atoms with van der Waals surface area (Å²) < 4.78 is 11.6. The largest absolute Gasteiger partial charge is 0.389 e. The molecule has 0 saturated carbocycles. The van der Waals surface area contributed by atoms with Crippen molar-refractivity contribution in [3.05, 3.63) is 0 Å². The second-order valence-corrected chi connectivity index (χ2v) is 4.94. The highest BCUT2D eigenvalue weighted by molar-refractivity contribution is 4.98. The van der Waals surface area contributed by atoms with Gasteiger partial charge in [-0.1, -0.05) is 13.3 Å². The first-order chi connectivity index (χ1) is 7.03. The number of ether oxygens (including phenoxy) is 2. The number of hydrogen-bond acceptors (Lipinski definition) is 4. The molecule has 88 valence electrons. The summed E-state index contributed by atoms with van der Waals surface area (Å²) in [6.45, 7) is 6.57. The fourth-order valence-corrected chi connectivity index (χ4v) is 2.51. The first-order valence-corrected chi connectivity index (χ1v) is 5.80. The highest BCUT2D eigenvalue weighted by Gasteiger charge is 2.50. The van der Waals surface area contributed by atoms with Crippen molar-refractivity contribution >= 4 is 0 Å². The lowest BCUT2D eigenvalue weighted by atomic mass is 9.93. The van der Waals surface area contributed by atoms with Crippen molar-refractivity contribution in [3.8, 4) is 0 Å². The normalized spacial score (nSPS) is 44.0. The molecule has 0 radical (unpaired) electrons. The molecule has 0 aromatic rings. The lowest BCUT2D eigenvalue weighted by Gasteiger charge is -2.35. The Balaban J connectivity index is 2.09. The molecule has 2 fully saturated rings. The molecular formula is C11H21NO3. The van der Waals surface area contributed by atoms with Crippen LogP contribution in [0.25, 0.3) is 0 Å². The molecule has 2 N–H and O–H groups in total. The van der Waals surface area contributed by atoms with Crippen LogP contribution in [0.4, 0.5) is 0 Å². The van der Waals surface area contributed by atoms with Crippen LogP contribution >= 0.6 is 0 Å². The van der Waals surface area contributed by atoms with Crippen LogP contribution in [-0.2, 0) is 9.47 Å². The number of rotatable bonds is 2. The van der Waals surface area contributed by atoms with E-state index in [9.17, 15) is 5.11 Å². The Labute approximate surface area is 90.9 Å². The summed E-state index contributed by atoms with van der Waals surface area (Å²) in [6.07, 6.45) is 1.54. The topological polar surface area (TPSA) is 50.7 Å². The molecule has 2 saturated heterocycles. The zero-order valence-corrected chi connectivity index (χ0v) is 9.69. The fourth-order valence-electron chi connectivity index (χ4n) is 2.51. The summed E-state index contributed by atoms with van der Waals surface area (Å²) in [5.41, 5.74) is 0. The van der Waals surface area contributed by atoms with Crippen LogP contribution in [0.1, 0.15) is 33.6 Å². The molecule has 2 heterocycles. The van der Waals surface area contributed by atoms with Gasteiger partial charge in [-0.05, 0) is 20.3 Å². The third-order valence-corrected chi connectivity index (χ3v) is 3.13. The van der Waals surface area contributed by atoms with E-state index in [1.165, 1.54) is 0 Å². The third-order valence-electron chi connectivity index (χ3n) is 3.13. The van der Waals surface area contributed by atoms with E-state index < -0.39 is 11.9 Å². The monoisotopic (exact) mass is 215 g/mol. The van der Waals surface area contributed by atoms with Gasteiger partial charge in [0.05, 0.1) is 6.10 Å². The van der Waals surface area contributed by atoms with E-state index in [-0.39, 0.29) is 12.2 Å². The molecule has 4 nitrogen and oxygen atoms in total. The lowest BCUT2D eigenvalue weighted by Crippen LogP contribution is -2.58. The molecule has 2 aliphatic heterocycles. The molecule has 0 spiro atoms. The Morgan fingerprint density at radius 1 is 1.33 bits per heavy atom. The van der Waals surface area contributed by atoms with E-state index in [0.29, 0.717) is 12.6 Å². The van der Waals surface area contributed by atoms with E-state index in [2.05, 4.69) is 12.2 Å². The first-order valence-electron chi connectivity index (χ1n) is 5.80. The van der Waals surface area contributed by atoms with Gasteiger partial charge in [-0.3, -0.25) is 0 Å². The van der Waals surface area contributed by atoms with Crippen molar-refractivity contribution in [2.45, 2.75) is 63.8 Å². The number of hydrogen-bond donors (Lipinski definition) is 2. The highest BCUT2D eigenvalue weighted by Crippen LogP contribution is 2.34. The Kier molecular flexibility index (Phi) is 3.03. The number of fused-ring (bicyclic) bond motifs is 1. The quantitative estimate of drug-likeness (QED) is 0.709. The summed E-state index contributed by atoms with van der Waals surface area (Å²) in [6, 6.07) is 0.310. The van der Waals surface area contributed by atoms with Gasteiger partial charge >= 0.3 is 0 Å². The Bertz CT molecular complexity index is 232. The first kappa shape index (κ1) is 11.3. The summed E-state index contributed by atoms with van der Waals surface area (Å²) in [5.74, 6) is -0.561. The summed E-state index contributed by atoms with van der Waals surface area (Å²) >= 11 is 0. The number of β-amino-alcohol motifs (C(OH)–C–C–N with tert-alkyl or cyclic N) is 1. The second-order valence-electron chi connectivity index (χ2n) is 4.94. The van der Waals surface area contributed by atoms with E-state index >= 15 is 0 Å². The Hall–Kier alpha value is -0.160. The number of aliphatic hydroxyl groups excluding tert-OH is 1. The van der Waals surface area contributed by atoms with E-state index in [4.69, 9.17) is 9.47 Å². The maximum Gasteiger partial charge on any atom is 0.163 e. The van der Waals surface area contributed by atoms with E-state index in [0.717, 1.165) is 12.8 Å². The smallest absolute Gasteiger partial charge is 0.163 e. The molecule has 2 aliphatic rings. The van der Waals surface area contributed by atoms with Crippen molar-refractivity contribution in [2.75, 3.05) is 6.54 Å². The van der Waals surface area contributed by atoms with Crippen LogP contribution in [0.5, 0.6) is 0 Å². The van der Waals surface area contributed by atoms with Crippen molar-refractivity contribution < 1.29 is 14.6 Å². The summed E-state index contributed by atoms with van der Waals surface area (Å²) in [7, 11) is 0. The molecule has 0 amide bonds. The minimum Gasteiger partial charge on any atom is -0.389 e. The Morgan fingerprint density at radius 2 is 2.00 bits per heavy atom. The average molecular weight is 215 g/mol. The SMILES string of the molecule is CCCC1NC[C@@H](O)[C@H]2OC(C)(C)O[C@@H]12. The van der Waals surface area contributed by atoms with E-state index in [1.807, 2.05) is 13.8 Å². The molecule has 0 aromatic carbocycles. The molecule has 2 rings (SSSR count). The van der Waals surface area contributed by atoms with Crippen molar-refractivity contribution in [3.63, 3.8) is 0 Å². The van der Waals surface area contributed by atoms with Crippen LogP contribution in [-0.4, -0.2) is 41.8 Å². The van der Waals surface area contributed by atoms with Crippen LogP contribution < -0.4 is 5.32 Å². The van der Waals surface area contributed by atoms with Crippen LogP contribution in [0.3, 0.4) is 0 Å². The minimum absolute atomic E-state index is 0.0105. The molecule has 0 aromatic heterocycles. The predicted octanol–water partition coefficient (Wildman–Crippen LogP) is 0.639. The minimum atomic E-state index is -0.561. The lowest BCUT2D eigenvalue weighted by molar-refractivity contribution is -0.153. The molecule has 1 unspecified atom stereocenters. The van der Waals surface area contributed by atoms with Gasteiger partial charge in [0.1, 0.15) is 12.2 Å². The number of piperidine rings is 1. The van der Waals surface area contributed by atoms with Crippen molar-refractivity contribution in [1.82, 2.24) is 5.32 Å². The van der Waals surface area contributed by atoms with Gasteiger partial charge in [-0.15, -0.1) is 0 Å². The van der Waals surface area contributed by atoms with Gasteiger partial charge in [0.15, 0.2) is 5.79 Å². The number of aliphatic hydroxyl groups is 1. The van der Waals surface area contributed by atoms with Gasteiger partial charge in [-0.25, -0.2) is 0 Å². The summed E-state index contributed by atoms with van der Waals surface area (Å²) in [4.78, 5) is 0. The zero-order chi connectivity index (χ0) is 11.1. The van der Waals surface area contributed by atoms with Gasteiger partial charge in [0, 0.05) is 12.6 Å². The standard InChI is InChI=1S/C11H21NO3/c1-4-5-7-9-10(8(13)6-12-7)15-11(2,3)14-9/h7-10,12-13H,4-6H2,1-3H3/t7?,8-,9+,10-/m1/s1. The predicted molar refractivity (Wildman–Crippen MR) is 56.5 cm³/mol. The molecule has 0 bridgehead atoms. The second kappa shape index (κ2) is 4.01. The van der Waals surface area contributed by atoms with Gasteiger partial charge in [0.2, 0.25) is 0 Å². The Morgan fingerprint density at radius 3 is 2.67 bits per heavy atom. The third kappa shape index (κ3) is 2.18. The van der Waals surface area contributed by atoms with Crippen LogP contribution in [0.2, 0.25) is 0 Å². The molecule has 4 heteroatoms. The highest BCUT2D eigenvalue weighted by atomic mass is 16.8. The van der Waals surface area contributed by atoms with Crippen molar-refractivity contribution in [2.24, 2.45) is 0 Å². The maximum atomic E-state index is 9.83. The average Bonchev–Trinajstić information content (AvgIpc) is 2.47. The molecule has 15 heavy (non-hydrogen) atoms. The fraction of sp³-hybridized carbons (Fsp3) is 1.00. The zero-order valence-electron chi connectivity index (χ0n) is 9.69. The molecular weight excluding hydrogens is 194 g/mol. The molecule has 0 aliphatic carbocycles. The van der Waals surface area contributed by atoms with Crippen molar-refractivity contribution in [1.29, 1.82) is 0 Å². The number of nitrogens with one attached hydrogen (secondary N) is 1. The van der Waals surface area contributed by atoms with Gasteiger partial charge in [-0.2, -0.15) is 0 Å².